The third-order valence-electron chi connectivity index (χ3n) is 5.51. The number of nitrogens with zero attached hydrogens (tertiary/aromatic N) is 1. The third kappa shape index (κ3) is 4.81. The molecule has 164 valence electrons. The molecule has 0 amide bonds. The monoisotopic (exact) mass is 439 g/mol. The van der Waals surface area contributed by atoms with Crippen LogP contribution in [0.2, 0.25) is 0 Å². The molecule has 0 aromatic heterocycles. The Kier molecular flexibility index (Phi) is 6.15. The molecule has 4 rings (SSSR count). The predicted molar refractivity (Wildman–Crippen MR) is 124 cm³/mol. The average molecular weight is 440 g/mol. The van der Waals surface area contributed by atoms with Crippen LogP contribution in [-0.4, -0.2) is 36.8 Å². The second-order valence-electron chi connectivity index (χ2n) is 8.56. The van der Waals surface area contributed by atoms with E-state index < -0.39 is 5.79 Å². The number of hydrogen-bond donors (Lipinski definition) is 0. The first-order valence-corrected chi connectivity index (χ1v) is 11.5. The highest BCUT2D eigenvalue weighted by atomic mass is 32.2. The lowest BCUT2D eigenvalue weighted by molar-refractivity contribution is -0.142. The van der Waals surface area contributed by atoms with E-state index in [0.717, 1.165) is 22.7 Å². The Hall–Kier alpha value is -2.28. The first kappa shape index (κ1) is 21.9. The molecule has 2 unspecified atom stereocenters. The summed E-state index contributed by atoms with van der Waals surface area (Å²) in [5.74, 6) is -0.103. The van der Waals surface area contributed by atoms with Gasteiger partial charge in [0.05, 0.1) is 12.2 Å². The first-order chi connectivity index (χ1) is 14.7. The molecular weight excluding hydrogens is 410 g/mol. The molecular formula is C25H29NO4S. The quantitative estimate of drug-likeness (QED) is 0.583. The topological polar surface area (TPSA) is 48.0 Å². The highest BCUT2D eigenvalue weighted by Crippen LogP contribution is 2.46. The van der Waals surface area contributed by atoms with Crippen molar-refractivity contribution < 1.29 is 19.0 Å². The fraction of sp³-hybridized carbons (Fsp3) is 0.400. The van der Waals surface area contributed by atoms with Crippen molar-refractivity contribution in [2.45, 2.75) is 45.0 Å². The number of ether oxygens (including phenoxy) is 3. The number of aryl methyl sites for hydroxylation is 2. The normalized spacial score (nSPS) is 22.7. The minimum atomic E-state index is -0.626. The van der Waals surface area contributed by atoms with Crippen molar-refractivity contribution in [3.63, 3.8) is 0 Å². The van der Waals surface area contributed by atoms with Crippen LogP contribution in [0.1, 0.15) is 46.3 Å². The lowest BCUT2D eigenvalue weighted by Gasteiger charge is -2.28. The van der Waals surface area contributed by atoms with Crippen LogP contribution in [0, 0.1) is 13.8 Å². The average Bonchev–Trinajstić information content (AvgIpc) is 3.28. The molecule has 2 heterocycles. The summed E-state index contributed by atoms with van der Waals surface area (Å²) in [6, 6.07) is 14.3. The minimum Gasteiger partial charge on any atom is -0.459 e. The summed E-state index contributed by atoms with van der Waals surface area (Å²) >= 11 is 1.86. The van der Waals surface area contributed by atoms with Crippen molar-refractivity contribution in [2.24, 2.45) is 0 Å². The number of thioether (sulfide) groups is 1. The zero-order valence-corrected chi connectivity index (χ0v) is 19.3. The van der Waals surface area contributed by atoms with E-state index in [0.29, 0.717) is 12.2 Å². The van der Waals surface area contributed by atoms with Gasteiger partial charge in [0.15, 0.2) is 5.79 Å². The van der Waals surface area contributed by atoms with Gasteiger partial charge in [-0.15, -0.1) is 11.8 Å². The van der Waals surface area contributed by atoms with E-state index in [4.69, 9.17) is 14.2 Å². The SMILES string of the molecule is C=C1CSC(c2ccc(C)cc2)N1c1ccc(C(=O)OCC2COC(C)(C)O2)cc1C. The van der Waals surface area contributed by atoms with Crippen LogP contribution >= 0.6 is 11.8 Å². The minimum absolute atomic E-state index is 0.174. The maximum Gasteiger partial charge on any atom is 0.338 e. The van der Waals surface area contributed by atoms with Crippen LogP contribution in [0.25, 0.3) is 0 Å². The van der Waals surface area contributed by atoms with Crippen molar-refractivity contribution in [3.8, 4) is 0 Å². The molecule has 2 aromatic rings. The van der Waals surface area contributed by atoms with E-state index in [1.807, 2.05) is 50.7 Å². The van der Waals surface area contributed by atoms with Gasteiger partial charge >= 0.3 is 5.97 Å². The van der Waals surface area contributed by atoms with Gasteiger partial charge in [-0.25, -0.2) is 4.79 Å². The Morgan fingerprint density at radius 3 is 2.61 bits per heavy atom. The molecule has 2 saturated heterocycles. The number of hydrogen-bond acceptors (Lipinski definition) is 6. The Morgan fingerprint density at radius 1 is 1.23 bits per heavy atom. The van der Waals surface area contributed by atoms with Gasteiger partial charge in [-0.1, -0.05) is 36.4 Å². The number of esters is 1. The van der Waals surface area contributed by atoms with Gasteiger partial charge in [-0.2, -0.15) is 0 Å². The van der Waals surface area contributed by atoms with Gasteiger partial charge in [-0.05, 0) is 57.0 Å². The summed E-state index contributed by atoms with van der Waals surface area (Å²) < 4.78 is 16.7. The van der Waals surface area contributed by atoms with Crippen LogP contribution in [0.4, 0.5) is 5.69 Å². The van der Waals surface area contributed by atoms with Gasteiger partial charge < -0.3 is 19.1 Å². The molecule has 2 aliphatic rings. The maximum atomic E-state index is 12.6. The second kappa shape index (κ2) is 8.69. The zero-order valence-electron chi connectivity index (χ0n) is 18.5. The van der Waals surface area contributed by atoms with Crippen LogP contribution in [0.3, 0.4) is 0 Å². The van der Waals surface area contributed by atoms with E-state index in [1.54, 1.807) is 0 Å². The number of benzene rings is 2. The summed E-state index contributed by atoms with van der Waals surface area (Å²) in [6.07, 6.45) is -0.237. The molecule has 2 atom stereocenters. The Labute approximate surface area is 188 Å². The van der Waals surface area contributed by atoms with E-state index in [1.165, 1.54) is 11.1 Å². The predicted octanol–water partition coefficient (Wildman–Crippen LogP) is 5.38. The van der Waals surface area contributed by atoms with Crippen LogP contribution < -0.4 is 4.90 Å². The van der Waals surface area contributed by atoms with E-state index in [-0.39, 0.29) is 24.1 Å². The number of carbonyl (C=O) groups is 1. The molecule has 31 heavy (non-hydrogen) atoms. The molecule has 0 bridgehead atoms. The molecule has 0 saturated carbocycles. The van der Waals surface area contributed by atoms with Crippen LogP contribution in [0.5, 0.6) is 0 Å². The maximum absolute atomic E-state index is 12.6. The molecule has 6 heteroatoms. The number of rotatable bonds is 5. The smallest absolute Gasteiger partial charge is 0.338 e. The molecule has 0 radical (unpaired) electrons. The van der Waals surface area contributed by atoms with Crippen LogP contribution in [0.15, 0.2) is 54.7 Å². The molecule has 0 aliphatic carbocycles. The summed E-state index contributed by atoms with van der Waals surface area (Å²) in [6.45, 7) is 12.7. The Morgan fingerprint density at radius 2 is 1.97 bits per heavy atom. The molecule has 0 N–H and O–H groups in total. The highest BCUT2D eigenvalue weighted by Gasteiger charge is 2.34. The number of anilines is 1. The van der Waals surface area contributed by atoms with Gasteiger partial charge in [-0.3, -0.25) is 0 Å². The van der Waals surface area contributed by atoms with Crippen molar-refractivity contribution in [2.75, 3.05) is 23.9 Å². The summed E-state index contributed by atoms with van der Waals surface area (Å²) in [5, 5.41) is 0.174. The fourth-order valence-electron chi connectivity index (χ4n) is 3.91. The Balaban J connectivity index is 1.48. The number of carbonyl (C=O) groups excluding carboxylic acids is 1. The van der Waals surface area contributed by atoms with Crippen molar-refractivity contribution >= 4 is 23.4 Å². The second-order valence-corrected chi connectivity index (χ2v) is 9.63. The van der Waals surface area contributed by atoms with E-state index in [9.17, 15) is 4.79 Å². The first-order valence-electron chi connectivity index (χ1n) is 10.5. The fourth-order valence-corrected chi connectivity index (χ4v) is 5.16. The molecule has 2 aliphatic heterocycles. The molecule has 2 aromatic carbocycles. The molecule has 5 nitrogen and oxygen atoms in total. The summed E-state index contributed by atoms with van der Waals surface area (Å²) in [7, 11) is 0. The highest BCUT2D eigenvalue weighted by molar-refractivity contribution is 8.00. The van der Waals surface area contributed by atoms with Crippen LogP contribution in [-0.2, 0) is 14.2 Å². The standard InChI is InChI=1S/C25H29NO4S/c1-16-6-8-19(9-7-16)23-26(18(3)15-31-23)22-11-10-20(12-17(22)2)24(27)28-13-21-14-29-25(4,5)30-21/h6-12,21,23H,3,13-15H2,1-2,4-5H3. The van der Waals surface area contributed by atoms with E-state index in [2.05, 4.69) is 42.7 Å². The summed E-state index contributed by atoms with van der Waals surface area (Å²) in [4.78, 5) is 14.8. The van der Waals surface area contributed by atoms with Crippen molar-refractivity contribution in [1.82, 2.24) is 0 Å². The third-order valence-corrected chi connectivity index (χ3v) is 6.80. The Bertz CT molecular complexity index is 986. The van der Waals surface area contributed by atoms with Gasteiger partial charge in [0.2, 0.25) is 0 Å². The largest absolute Gasteiger partial charge is 0.459 e. The zero-order chi connectivity index (χ0) is 22.2. The van der Waals surface area contributed by atoms with Crippen molar-refractivity contribution in [3.05, 3.63) is 77.0 Å². The van der Waals surface area contributed by atoms with E-state index >= 15 is 0 Å². The molecule has 2 fully saturated rings. The molecule has 0 spiro atoms. The van der Waals surface area contributed by atoms with Gasteiger partial charge in [0, 0.05) is 17.1 Å². The lowest BCUT2D eigenvalue weighted by Crippen LogP contribution is -2.25. The summed E-state index contributed by atoms with van der Waals surface area (Å²) in [5.41, 5.74) is 6.16. The van der Waals surface area contributed by atoms with Crippen molar-refractivity contribution in [1.29, 1.82) is 0 Å². The van der Waals surface area contributed by atoms with Gasteiger partial charge in [0.1, 0.15) is 18.1 Å². The lowest BCUT2D eigenvalue weighted by atomic mass is 10.1. The van der Waals surface area contributed by atoms with Gasteiger partial charge in [0.25, 0.3) is 0 Å².